The van der Waals surface area contributed by atoms with Gasteiger partial charge in [-0.15, -0.1) is 0 Å². The summed E-state index contributed by atoms with van der Waals surface area (Å²) in [5.74, 6) is 1.51. The number of nitrogens with zero attached hydrogens (tertiary/aromatic N) is 1. The largest absolute Gasteiger partial charge is 0.496 e. The minimum Gasteiger partial charge on any atom is -0.496 e. The second-order valence-electron chi connectivity index (χ2n) is 7.59. The van der Waals surface area contributed by atoms with Crippen LogP contribution in [0.3, 0.4) is 0 Å². The van der Waals surface area contributed by atoms with Crippen LogP contribution in [-0.4, -0.2) is 30.7 Å². The molecular weight excluding hydrogens is 338 g/mol. The van der Waals surface area contributed by atoms with Crippen molar-refractivity contribution in [2.75, 3.05) is 11.8 Å². The quantitative estimate of drug-likeness (QED) is 0.850. The molecule has 1 saturated carbocycles. The Kier molecular flexibility index (Phi) is 4.31. The van der Waals surface area contributed by atoms with Gasteiger partial charge in [0.15, 0.2) is 0 Å². The van der Waals surface area contributed by atoms with E-state index in [1.54, 1.807) is 13.3 Å². The molecule has 1 aromatic heterocycles. The Morgan fingerprint density at radius 2 is 1.96 bits per heavy atom. The second kappa shape index (κ2) is 6.05. The maximum atomic E-state index is 12.3. The van der Waals surface area contributed by atoms with Crippen molar-refractivity contribution in [2.45, 2.75) is 51.2 Å². The molecule has 3 rings (SSSR count). The average Bonchev–Trinajstić information content (AvgIpc) is 3.26. The van der Waals surface area contributed by atoms with Gasteiger partial charge in [-0.2, -0.15) is 0 Å². The number of hydrogen-bond donors (Lipinski definition) is 2. The number of ether oxygens (including phenoxy) is 1. The van der Waals surface area contributed by atoms with E-state index >= 15 is 0 Å². The van der Waals surface area contributed by atoms with Crippen LogP contribution in [0, 0.1) is 6.92 Å². The first-order valence-electron chi connectivity index (χ1n) is 8.38. The Morgan fingerprint density at radius 3 is 2.48 bits per heavy atom. The smallest absolute Gasteiger partial charge is 0.235 e. The van der Waals surface area contributed by atoms with Crippen LogP contribution in [0.4, 0.5) is 5.69 Å². The Bertz CT molecular complexity index is 891. The predicted molar refractivity (Wildman–Crippen MR) is 99.6 cm³/mol. The molecule has 0 saturated heterocycles. The van der Waals surface area contributed by atoms with Crippen molar-refractivity contribution < 1.29 is 13.2 Å². The van der Waals surface area contributed by atoms with Crippen molar-refractivity contribution in [3.63, 3.8) is 0 Å². The number of methoxy groups -OCH3 is 1. The lowest BCUT2D eigenvalue weighted by Gasteiger charge is -2.16. The zero-order chi connectivity index (χ0) is 18.4. The molecule has 0 atom stereocenters. The number of rotatable bonds is 5. The van der Waals surface area contributed by atoms with Crippen molar-refractivity contribution in [1.29, 1.82) is 0 Å². The highest BCUT2D eigenvalue weighted by molar-refractivity contribution is 7.93. The van der Waals surface area contributed by atoms with Crippen LogP contribution in [0.15, 0.2) is 18.3 Å². The fraction of sp³-hybridized carbons (Fsp3) is 0.500. The van der Waals surface area contributed by atoms with Gasteiger partial charge in [0.1, 0.15) is 11.6 Å². The standard InChI is InChI=1S/C18H25N3O3S/c1-11-14(21-25(22,23)13-6-7-13)8-12(9-16(11)24-5)15-10-19-17(20-15)18(2,3)4/h8-10,13,21H,6-7H2,1-5H3,(H,19,20). The minimum absolute atomic E-state index is 0.0938. The maximum absolute atomic E-state index is 12.3. The number of benzene rings is 1. The van der Waals surface area contributed by atoms with E-state index in [0.717, 1.165) is 35.5 Å². The van der Waals surface area contributed by atoms with Crippen LogP contribution in [0.5, 0.6) is 5.75 Å². The Hall–Kier alpha value is -2.02. The topological polar surface area (TPSA) is 84.1 Å². The summed E-state index contributed by atoms with van der Waals surface area (Å²) in [7, 11) is -1.75. The summed E-state index contributed by atoms with van der Waals surface area (Å²) < 4.78 is 32.8. The third-order valence-corrected chi connectivity index (χ3v) is 6.25. The highest BCUT2D eigenvalue weighted by atomic mass is 32.2. The summed E-state index contributed by atoms with van der Waals surface area (Å²) in [5.41, 5.74) is 2.89. The first-order valence-corrected chi connectivity index (χ1v) is 9.92. The Morgan fingerprint density at radius 1 is 1.28 bits per heavy atom. The van der Waals surface area contributed by atoms with Gasteiger partial charge in [-0.05, 0) is 31.9 Å². The molecule has 0 bridgehead atoms. The first-order chi connectivity index (χ1) is 11.6. The SMILES string of the molecule is COc1cc(-c2cnc(C(C)(C)C)[nH]2)cc(NS(=O)(=O)C2CC2)c1C. The molecule has 0 aliphatic heterocycles. The molecule has 0 unspecified atom stereocenters. The average molecular weight is 363 g/mol. The van der Waals surface area contributed by atoms with Crippen molar-refractivity contribution >= 4 is 15.7 Å². The van der Waals surface area contributed by atoms with E-state index in [1.807, 2.05) is 19.1 Å². The molecule has 0 amide bonds. The van der Waals surface area contributed by atoms with E-state index in [4.69, 9.17) is 4.74 Å². The molecule has 1 heterocycles. The fourth-order valence-corrected chi connectivity index (χ4v) is 4.07. The van der Waals surface area contributed by atoms with E-state index in [2.05, 4.69) is 35.5 Å². The van der Waals surface area contributed by atoms with Gasteiger partial charge in [-0.1, -0.05) is 20.8 Å². The van der Waals surface area contributed by atoms with E-state index < -0.39 is 10.0 Å². The van der Waals surface area contributed by atoms with Gasteiger partial charge in [0.2, 0.25) is 10.0 Å². The van der Waals surface area contributed by atoms with Crippen LogP contribution in [0.25, 0.3) is 11.3 Å². The summed E-state index contributed by atoms with van der Waals surface area (Å²) in [6.45, 7) is 8.10. The third kappa shape index (κ3) is 3.66. The summed E-state index contributed by atoms with van der Waals surface area (Å²) in [6.07, 6.45) is 3.21. The number of nitrogens with one attached hydrogen (secondary N) is 2. The fourth-order valence-electron chi connectivity index (χ4n) is 2.63. The van der Waals surface area contributed by atoms with E-state index in [-0.39, 0.29) is 10.7 Å². The molecule has 2 aromatic rings. The van der Waals surface area contributed by atoms with Gasteiger partial charge in [-0.3, -0.25) is 4.72 Å². The van der Waals surface area contributed by atoms with Crippen molar-refractivity contribution in [2.24, 2.45) is 0 Å². The molecule has 25 heavy (non-hydrogen) atoms. The van der Waals surface area contributed by atoms with Crippen molar-refractivity contribution in [1.82, 2.24) is 9.97 Å². The molecule has 0 spiro atoms. The minimum atomic E-state index is -3.34. The maximum Gasteiger partial charge on any atom is 0.235 e. The van der Waals surface area contributed by atoms with Crippen LogP contribution < -0.4 is 9.46 Å². The lowest BCUT2D eigenvalue weighted by atomic mass is 9.96. The molecule has 136 valence electrons. The van der Waals surface area contributed by atoms with E-state index in [9.17, 15) is 8.42 Å². The van der Waals surface area contributed by atoms with Crippen molar-refractivity contribution in [3.05, 3.63) is 29.7 Å². The first kappa shape index (κ1) is 17.8. The summed E-state index contributed by atoms with van der Waals surface area (Å²) in [4.78, 5) is 7.77. The highest BCUT2D eigenvalue weighted by Gasteiger charge is 2.36. The molecule has 0 radical (unpaired) electrons. The number of imidazole rings is 1. The highest BCUT2D eigenvalue weighted by Crippen LogP contribution is 2.36. The lowest BCUT2D eigenvalue weighted by molar-refractivity contribution is 0.412. The van der Waals surface area contributed by atoms with E-state index in [0.29, 0.717) is 11.4 Å². The van der Waals surface area contributed by atoms with Gasteiger partial charge in [0.05, 0.1) is 29.9 Å². The molecule has 1 aromatic carbocycles. The van der Waals surface area contributed by atoms with Crippen LogP contribution in [0.2, 0.25) is 0 Å². The number of sulfonamides is 1. The normalized spacial score (nSPS) is 15.2. The number of anilines is 1. The van der Waals surface area contributed by atoms with Gasteiger partial charge in [-0.25, -0.2) is 13.4 Å². The molecule has 1 fully saturated rings. The molecule has 1 aliphatic rings. The van der Waals surface area contributed by atoms with Gasteiger partial charge < -0.3 is 9.72 Å². The molecule has 2 N–H and O–H groups in total. The van der Waals surface area contributed by atoms with Crippen LogP contribution in [0.1, 0.15) is 45.0 Å². The van der Waals surface area contributed by atoms with Gasteiger partial charge >= 0.3 is 0 Å². The second-order valence-corrected chi connectivity index (χ2v) is 9.55. The predicted octanol–water partition coefficient (Wildman–Crippen LogP) is 3.60. The Balaban J connectivity index is 2.03. The number of aromatic nitrogens is 2. The molecule has 7 heteroatoms. The Labute approximate surface area is 149 Å². The number of aromatic amines is 1. The van der Waals surface area contributed by atoms with Gasteiger partial charge in [0, 0.05) is 16.5 Å². The summed E-state index contributed by atoms with van der Waals surface area (Å²) >= 11 is 0. The molecular formula is C18H25N3O3S. The molecule has 1 aliphatic carbocycles. The summed E-state index contributed by atoms with van der Waals surface area (Å²) in [5, 5.41) is -0.277. The van der Waals surface area contributed by atoms with Crippen LogP contribution in [-0.2, 0) is 15.4 Å². The zero-order valence-corrected chi connectivity index (χ0v) is 16.1. The number of H-pyrrole nitrogens is 1. The number of hydrogen-bond acceptors (Lipinski definition) is 4. The van der Waals surface area contributed by atoms with Crippen molar-refractivity contribution in [3.8, 4) is 17.0 Å². The molecule has 6 nitrogen and oxygen atoms in total. The zero-order valence-electron chi connectivity index (χ0n) is 15.3. The third-order valence-electron chi connectivity index (χ3n) is 4.39. The van der Waals surface area contributed by atoms with Crippen LogP contribution >= 0.6 is 0 Å². The van der Waals surface area contributed by atoms with E-state index in [1.165, 1.54) is 0 Å². The van der Waals surface area contributed by atoms with Gasteiger partial charge in [0.25, 0.3) is 0 Å². The lowest BCUT2D eigenvalue weighted by Crippen LogP contribution is -2.18. The summed E-state index contributed by atoms with van der Waals surface area (Å²) in [6, 6.07) is 3.72. The monoisotopic (exact) mass is 363 g/mol.